The first-order chi connectivity index (χ1) is 7.70. The molecule has 0 atom stereocenters. The van der Waals surface area contributed by atoms with Crippen LogP contribution in [-0.4, -0.2) is 49.0 Å². The minimum absolute atomic E-state index is 0.0386. The molecule has 6 heteroatoms. The molecule has 0 heterocycles. The van der Waals surface area contributed by atoms with Crippen LogP contribution in [0.15, 0.2) is 0 Å². The van der Waals surface area contributed by atoms with Crippen molar-refractivity contribution in [3.8, 4) is 0 Å². The molecule has 0 bridgehead atoms. The Balaban J connectivity index is 4.01. The predicted octanol–water partition coefficient (Wildman–Crippen LogP) is 1.61. The zero-order valence-electron chi connectivity index (χ0n) is 10.6. The summed E-state index contributed by atoms with van der Waals surface area (Å²) >= 11 is 0. The van der Waals surface area contributed by atoms with Crippen molar-refractivity contribution in [2.24, 2.45) is 11.1 Å². The summed E-state index contributed by atoms with van der Waals surface area (Å²) in [6.07, 6.45) is -2.78. The van der Waals surface area contributed by atoms with E-state index in [4.69, 9.17) is 10.8 Å². The third-order valence-electron chi connectivity index (χ3n) is 2.70. The summed E-state index contributed by atoms with van der Waals surface area (Å²) < 4.78 is 36.6. The number of rotatable bonds is 8. The Bertz CT molecular complexity index is 207. The van der Waals surface area contributed by atoms with Crippen LogP contribution in [0.25, 0.3) is 0 Å². The van der Waals surface area contributed by atoms with Gasteiger partial charge in [-0.2, -0.15) is 13.2 Å². The summed E-state index contributed by atoms with van der Waals surface area (Å²) in [5, 5.41) is 8.71. The van der Waals surface area contributed by atoms with Crippen molar-refractivity contribution >= 4 is 0 Å². The number of hydrogen-bond donors (Lipinski definition) is 2. The Kier molecular flexibility index (Phi) is 7.04. The number of aliphatic hydroxyl groups is 1. The van der Waals surface area contributed by atoms with E-state index in [0.29, 0.717) is 19.5 Å². The van der Waals surface area contributed by atoms with Crippen LogP contribution in [0.1, 0.15) is 26.7 Å². The van der Waals surface area contributed by atoms with E-state index in [-0.39, 0.29) is 18.6 Å². The van der Waals surface area contributed by atoms with Crippen LogP contribution in [0, 0.1) is 5.41 Å². The van der Waals surface area contributed by atoms with Gasteiger partial charge in [-0.05, 0) is 31.3 Å². The van der Waals surface area contributed by atoms with Crippen LogP contribution in [0.5, 0.6) is 0 Å². The molecule has 0 spiro atoms. The van der Waals surface area contributed by atoms with Gasteiger partial charge in [-0.1, -0.05) is 13.8 Å². The topological polar surface area (TPSA) is 49.5 Å². The first-order valence-electron chi connectivity index (χ1n) is 5.80. The average molecular weight is 256 g/mol. The lowest BCUT2D eigenvalue weighted by Gasteiger charge is -2.26. The Labute approximate surface area is 101 Å². The second-order valence-corrected chi connectivity index (χ2v) is 5.09. The molecular weight excluding hydrogens is 233 g/mol. The van der Waals surface area contributed by atoms with Crippen molar-refractivity contribution in [3.63, 3.8) is 0 Å². The van der Waals surface area contributed by atoms with E-state index in [0.717, 1.165) is 6.42 Å². The molecule has 0 aromatic rings. The molecule has 3 nitrogen and oxygen atoms in total. The van der Waals surface area contributed by atoms with Gasteiger partial charge in [-0.3, -0.25) is 4.90 Å². The zero-order valence-corrected chi connectivity index (χ0v) is 10.6. The largest absolute Gasteiger partial charge is 0.401 e. The van der Waals surface area contributed by atoms with E-state index in [1.165, 1.54) is 4.90 Å². The van der Waals surface area contributed by atoms with Gasteiger partial charge in [-0.25, -0.2) is 0 Å². The quantitative estimate of drug-likeness (QED) is 0.693. The minimum Gasteiger partial charge on any atom is -0.395 e. The lowest BCUT2D eigenvalue weighted by Crippen LogP contribution is -2.37. The first kappa shape index (κ1) is 16.7. The third kappa shape index (κ3) is 9.38. The smallest absolute Gasteiger partial charge is 0.395 e. The van der Waals surface area contributed by atoms with E-state index in [1.807, 2.05) is 13.8 Å². The van der Waals surface area contributed by atoms with E-state index in [1.54, 1.807) is 0 Å². The lowest BCUT2D eigenvalue weighted by molar-refractivity contribution is -0.146. The van der Waals surface area contributed by atoms with Crippen LogP contribution in [0.2, 0.25) is 0 Å². The number of hydrogen-bond acceptors (Lipinski definition) is 3. The molecule has 0 aliphatic rings. The average Bonchev–Trinajstić information content (AvgIpc) is 2.15. The maximum atomic E-state index is 12.2. The molecule has 0 saturated heterocycles. The van der Waals surface area contributed by atoms with Crippen LogP contribution in [-0.2, 0) is 0 Å². The number of aliphatic hydroxyl groups excluding tert-OH is 1. The van der Waals surface area contributed by atoms with Crippen LogP contribution in [0.4, 0.5) is 13.2 Å². The van der Waals surface area contributed by atoms with Crippen molar-refractivity contribution in [3.05, 3.63) is 0 Å². The fourth-order valence-corrected chi connectivity index (χ4v) is 1.55. The number of alkyl halides is 3. The molecule has 0 fully saturated rings. The Morgan fingerprint density at radius 1 is 1.18 bits per heavy atom. The number of nitrogens with two attached hydrogens (primary N) is 1. The lowest BCUT2D eigenvalue weighted by atomic mass is 9.88. The van der Waals surface area contributed by atoms with Crippen LogP contribution >= 0.6 is 0 Å². The molecule has 0 radical (unpaired) electrons. The van der Waals surface area contributed by atoms with Gasteiger partial charge in [0.15, 0.2) is 0 Å². The zero-order chi connectivity index (χ0) is 13.5. The molecule has 0 unspecified atom stereocenters. The molecule has 0 aliphatic carbocycles. The maximum absolute atomic E-state index is 12.2. The third-order valence-corrected chi connectivity index (χ3v) is 2.70. The van der Waals surface area contributed by atoms with Crippen LogP contribution < -0.4 is 5.73 Å². The van der Waals surface area contributed by atoms with Crippen LogP contribution in [0.3, 0.4) is 0 Å². The maximum Gasteiger partial charge on any atom is 0.401 e. The Morgan fingerprint density at radius 2 is 1.76 bits per heavy atom. The SMILES string of the molecule is CC(C)(CN)CCCN(CCO)CC(F)(F)F. The van der Waals surface area contributed by atoms with Gasteiger partial charge in [0.2, 0.25) is 0 Å². The molecule has 17 heavy (non-hydrogen) atoms. The summed E-state index contributed by atoms with van der Waals surface area (Å²) in [6.45, 7) is 3.69. The summed E-state index contributed by atoms with van der Waals surface area (Å²) in [5.74, 6) is 0. The van der Waals surface area contributed by atoms with E-state index < -0.39 is 12.7 Å². The van der Waals surface area contributed by atoms with E-state index in [9.17, 15) is 13.2 Å². The Morgan fingerprint density at radius 3 is 2.18 bits per heavy atom. The molecule has 0 aromatic heterocycles. The van der Waals surface area contributed by atoms with E-state index >= 15 is 0 Å². The Hall–Kier alpha value is -0.330. The summed E-state index contributed by atoms with van der Waals surface area (Å²) in [4.78, 5) is 1.23. The van der Waals surface area contributed by atoms with Crippen molar-refractivity contribution < 1.29 is 18.3 Å². The van der Waals surface area contributed by atoms with Gasteiger partial charge in [0.1, 0.15) is 0 Å². The van der Waals surface area contributed by atoms with Crippen molar-refractivity contribution in [1.29, 1.82) is 0 Å². The first-order valence-corrected chi connectivity index (χ1v) is 5.80. The normalized spacial score (nSPS) is 13.4. The fourth-order valence-electron chi connectivity index (χ4n) is 1.55. The molecular formula is C11H23F3N2O. The fraction of sp³-hybridized carbons (Fsp3) is 1.00. The highest BCUT2D eigenvalue weighted by molar-refractivity contribution is 4.71. The summed E-state index contributed by atoms with van der Waals surface area (Å²) in [5.41, 5.74) is 5.51. The summed E-state index contributed by atoms with van der Waals surface area (Å²) in [7, 11) is 0. The molecule has 0 amide bonds. The molecule has 104 valence electrons. The highest BCUT2D eigenvalue weighted by Gasteiger charge is 2.30. The van der Waals surface area contributed by atoms with Gasteiger partial charge >= 0.3 is 6.18 Å². The van der Waals surface area contributed by atoms with E-state index in [2.05, 4.69) is 0 Å². The standard InChI is InChI=1S/C11H23F3N2O/c1-10(2,8-15)4-3-5-16(6-7-17)9-11(12,13)14/h17H,3-9,15H2,1-2H3. The van der Waals surface area contributed by atoms with Crippen molar-refractivity contribution in [2.45, 2.75) is 32.9 Å². The number of nitrogens with zero attached hydrogens (tertiary/aromatic N) is 1. The molecule has 0 aliphatic heterocycles. The molecule has 3 N–H and O–H groups in total. The predicted molar refractivity (Wildman–Crippen MR) is 61.7 cm³/mol. The van der Waals surface area contributed by atoms with Gasteiger partial charge in [0.05, 0.1) is 13.2 Å². The van der Waals surface area contributed by atoms with Crippen molar-refractivity contribution in [2.75, 3.05) is 32.8 Å². The second kappa shape index (κ2) is 7.18. The molecule has 0 aromatic carbocycles. The monoisotopic (exact) mass is 256 g/mol. The highest BCUT2D eigenvalue weighted by Crippen LogP contribution is 2.21. The highest BCUT2D eigenvalue weighted by atomic mass is 19.4. The minimum atomic E-state index is -4.21. The second-order valence-electron chi connectivity index (χ2n) is 5.09. The van der Waals surface area contributed by atoms with Gasteiger partial charge in [-0.15, -0.1) is 0 Å². The summed E-state index contributed by atoms with van der Waals surface area (Å²) in [6, 6.07) is 0. The number of halogens is 3. The molecule has 0 saturated carbocycles. The van der Waals surface area contributed by atoms with Crippen molar-refractivity contribution in [1.82, 2.24) is 4.90 Å². The van der Waals surface area contributed by atoms with Gasteiger partial charge in [0, 0.05) is 6.54 Å². The van der Waals surface area contributed by atoms with Gasteiger partial charge in [0.25, 0.3) is 0 Å². The van der Waals surface area contributed by atoms with Gasteiger partial charge < -0.3 is 10.8 Å². The molecule has 0 rings (SSSR count).